The Morgan fingerprint density at radius 3 is 2.30 bits per heavy atom. The number of hydrogen-bond donors (Lipinski definition) is 5. The Labute approximate surface area is 136 Å². The van der Waals surface area contributed by atoms with Crippen LogP contribution >= 0.6 is 0 Å². The van der Waals surface area contributed by atoms with E-state index in [-0.39, 0.29) is 6.61 Å². The summed E-state index contributed by atoms with van der Waals surface area (Å²) < 4.78 is 10.6. The minimum Gasteiger partial charge on any atom is -0.394 e. The molecule has 23 heavy (non-hydrogen) atoms. The van der Waals surface area contributed by atoms with Crippen molar-refractivity contribution in [1.82, 2.24) is 0 Å². The fraction of sp³-hybridized carbons (Fsp3) is 0.750. The second kappa shape index (κ2) is 9.48. The van der Waals surface area contributed by atoms with Gasteiger partial charge in [-0.2, -0.15) is 0 Å². The Balaban J connectivity index is 2.53. The van der Waals surface area contributed by atoms with E-state index in [1.807, 2.05) is 19.9 Å². The van der Waals surface area contributed by atoms with Crippen molar-refractivity contribution in [2.75, 3.05) is 13.2 Å². The first-order valence-corrected chi connectivity index (χ1v) is 7.68. The van der Waals surface area contributed by atoms with Crippen molar-refractivity contribution in [3.05, 3.63) is 23.3 Å². The highest BCUT2D eigenvalue weighted by atomic mass is 16.7. The molecule has 1 aliphatic rings. The first-order valence-electron chi connectivity index (χ1n) is 7.68. The largest absolute Gasteiger partial charge is 0.394 e. The second-order valence-electron chi connectivity index (χ2n) is 6.01. The third-order valence-electron chi connectivity index (χ3n) is 3.79. The van der Waals surface area contributed by atoms with Crippen LogP contribution in [0.15, 0.2) is 23.3 Å². The van der Waals surface area contributed by atoms with Crippen molar-refractivity contribution < 1.29 is 35.0 Å². The molecule has 0 radical (unpaired) electrons. The van der Waals surface area contributed by atoms with Crippen molar-refractivity contribution in [3.63, 3.8) is 0 Å². The summed E-state index contributed by atoms with van der Waals surface area (Å²) in [6.45, 7) is 5.23. The zero-order chi connectivity index (χ0) is 17.6. The van der Waals surface area contributed by atoms with E-state index in [2.05, 4.69) is 0 Å². The average molecular weight is 332 g/mol. The lowest BCUT2D eigenvalue weighted by molar-refractivity contribution is -0.298. The zero-order valence-corrected chi connectivity index (χ0v) is 13.8. The van der Waals surface area contributed by atoms with Gasteiger partial charge in [0.05, 0.1) is 19.3 Å². The van der Waals surface area contributed by atoms with Crippen LogP contribution in [0, 0.1) is 0 Å². The molecule has 5 N–H and O–H groups in total. The third kappa shape index (κ3) is 5.96. The van der Waals surface area contributed by atoms with Crippen molar-refractivity contribution in [2.45, 2.75) is 64.0 Å². The van der Waals surface area contributed by atoms with Crippen LogP contribution in [-0.2, 0) is 9.47 Å². The predicted molar refractivity (Wildman–Crippen MR) is 83.5 cm³/mol. The van der Waals surface area contributed by atoms with Crippen molar-refractivity contribution in [2.24, 2.45) is 0 Å². The van der Waals surface area contributed by atoms with E-state index in [4.69, 9.17) is 14.6 Å². The Kier molecular flexibility index (Phi) is 8.35. The highest BCUT2D eigenvalue weighted by molar-refractivity contribution is 5.08. The van der Waals surface area contributed by atoms with Gasteiger partial charge in [-0.3, -0.25) is 0 Å². The van der Waals surface area contributed by atoms with Crippen LogP contribution in [0.2, 0.25) is 0 Å². The van der Waals surface area contributed by atoms with E-state index < -0.39 is 43.4 Å². The monoisotopic (exact) mass is 332 g/mol. The molecule has 7 heteroatoms. The highest BCUT2D eigenvalue weighted by Crippen LogP contribution is 2.22. The predicted octanol–water partition coefficient (Wildman–Crippen LogP) is -0.534. The number of hydrogen-bond acceptors (Lipinski definition) is 7. The van der Waals surface area contributed by atoms with Gasteiger partial charge in [-0.1, -0.05) is 17.7 Å². The number of allylic oxidation sites excluding steroid dienone is 1. The van der Waals surface area contributed by atoms with Crippen LogP contribution in [-0.4, -0.2) is 75.6 Å². The van der Waals surface area contributed by atoms with Crippen molar-refractivity contribution in [1.29, 1.82) is 0 Å². The summed E-state index contributed by atoms with van der Waals surface area (Å²) in [5.74, 6) is 0. The molecule has 0 saturated carbocycles. The number of ether oxygens (including phenoxy) is 2. The molecule has 0 unspecified atom stereocenters. The quantitative estimate of drug-likeness (QED) is 0.397. The van der Waals surface area contributed by atoms with E-state index in [0.717, 1.165) is 5.57 Å². The first-order chi connectivity index (χ1) is 10.8. The fourth-order valence-electron chi connectivity index (χ4n) is 2.15. The zero-order valence-electron chi connectivity index (χ0n) is 13.8. The summed E-state index contributed by atoms with van der Waals surface area (Å²) in [6.07, 6.45) is -2.97. The third-order valence-corrected chi connectivity index (χ3v) is 3.79. The van der Waals surface area contributed by atoms with Gasteiger partial charge in [-0.05, 0) is 32.8 Å². The molecule has 0 aromatic heterocycles. The molecule has 0 amide bonds. The molecule has 1 heterocycles. The molecule has 0 aromatic rings. The SMILES string of the molecule is CC(C)=CC[C@H](O)/C(C)=C/CO[C@@H]1O[C@H](CO)[C@@H](O)[C@H](O)[C@H]1O. The molecule has 0 bridgehead atoms. The molecular weight excluding hydrogens is 304 g/mol. The summed E-state index contributed by atoms with van der Waals surface area (Å²) >= 11 is 0. The first kappa shape index (κ1) is 20.2. The van der Waals surface area contributed by atoms with E-state index in [1.165, 1.54) is 0 Å². The lowest BCUT2D eigenvalue weighted by Crippen LogP contribution is -2.59. The molecule has 7 nitrogen and oxygen atoms in total. The summed E-state index contributed by atoms with van der Waals surface area (Å²) in [6, 6.07) is 0. The van der Waals surface area contributed by atoms with Crippen LogP contribution < -0.4 is 0 Å². The van der Waals surface area contributed by atoms with Gasteiger partial charge in [0.25, 0.3) is 0 Å². The minimum absolute atomic E-state index is 0.0560. The van der Waals surface area contributed by atoms with E-state index in [9.17, 15) is 20.4 Å². The van der Waals surface area contributed by atoms with Gasteiger partial charge in [-0.25, -0.2) is 0 Å². The maximum absolute atomic E-state index is 9.96. The highest BCUT2D eigenvalue weighted by Gasteiger charge is 2.43. The van der Waals surface area contributed by atoms with Crippen LogP contribution in [0.4, 0.5) is 0 Å². The molecule has 1 fully saturated rings. The standard InChI is InChI=1S/C16H28O7/c1-9(2)4-5-11(18)10(3)6-7-22-16-15(21)14(20)13(19)12(8-17)23-16/h4,6,11-21H,5,7-8H2,1-3H3/b10-6+/t11-,12+,13+,14-,15+,16+/m0/s1. The van der Waals surface area contributed by atoms with Crippen molar-refractivity contribution >= 4 is 0 Å². The second-order valence-corrected chi connectivity index (χ2v) is 6.01. The number of rotatable bonds is 7. The maximum atomic E-state index is 9.96. The van der Waals surface area contributed by atoms with Crippen LogP contribution in [0.25, 0.3) is 0 Å². The smallest absolute Gasteiger partial charge is 0.187 e. The van der Waals surface area contributed by atoms with Gasteiger partial charge in [0.15, 0.2) is 6.29 Å². The molecule has 0 aliphatic carbocycles. The van der Waals surface area contributed by atoms with E-state index in [0.29, 0.717) is 12.0 Å². The molecule has 0 spiro atoms. The van der Waals surface area contributed by atoms with Crippen LogP contribution in [0.3, 0.4) is 0 Å². The van der Waals surface area contributed by atoms with Gasteiger partial charge in [0, 0.05) is 0 Å². The average Bonchev–Trinajstić information content (AvgIpc) is 2.52. The van der Waals surface area contributed by atoms with Gasteiger partial charge < -0.3 is 35.0 Å². The van der Waals surface area contributed by atoms with Gasteiger partial charge in [-0.15, -0.1) is 0 Å². The summed E-state index contributed by atoms with van der Waals surface area (Å²) in [7, 11) is 0. The van der Waals surface area contributed by atoms with Crippen LogP contribution in [0.1, 0.15) is 27.2 Å². The minimum atomic E-state index is -1.46. The lowest BCUT2D eigenvalue weighted by atomic mass is 9.99. The number of aliphatic hydroxyl groups is 5. The molecule has 1 saturated heterocycles. The lowest BCUT2D eigenvalue weighted by Gasteiger charge is -2.39. The Morgan fingerprint density at radius 2 is 1.74 bits per heavy atom. The van der Waals surface area contributed by atoms with Gasteiger partial charge >= 0.3 is 0 Å². The summed E-state index contributed by atoms with van der Waals surface area (Å²) in [5, 5.41) is 48.2. The Morgan fingerprint density at radius 1 is 1.09 bits per heavy atom. The molecule has 134 valence electrons. The molecule has 1 rings (SSSR count). The molecule has 6 atom stereocenters. The summed E-state index contributed by atoms with van der Waals surface area (Å²) in [4.78, 5) is 0. The maximum Gasteiger partial charge on any atom is 0.187 e. The Hall–Kier alpha value is -0.800. The summed E-state index contributed by atoms with van der Waals surface area (Å²) in [5.41, 5.74) is 1.83. The van der Waals surface area contributed by atoms with E-state index in [1.54, 1.807) is 13.0 Å². The molecular formula is C16H28O7. The normalized spacial score (nSPS) is 33.4. The van der Waals surface area contributed by atoms with Gasteiger partial charge in [0.1, 0.15) is 24.4 Å². The molecule has 0 aromatic carbocycles. The van der Waals surface area contributed by atoms with Crippen molar-refractivity contribution in [3.8, 4) is 0 Å². The van der Waals surface area contributed by atoms with E-state index >= 15 is 0 Å². The topological polar surface area (TPSA) is 120 Å². The Bertz CT molecular complexity index is 415. The fourth-order valence-corrected chi connectivity index (χ4v) is 2.15. The molecule has 1 aliphatic heterocycles. The van der Waals surface area contributed by atoms with Crippen LogP contribution in [0.5, 0.6) is 0 Å². The van der Waals surface area contributed by atoms with Gasteiger partial charge in [0.2, 0.25) is 0 Å². The number of aliphatic hydroxyl groups excluding tert-OH is 5.